The second kappa shape index (κ2) is 4.90. The number of hydrogen-bond donors (Lipinski definition) is 1. The summed E-state index contributed by atoms with van der Waals surface area (Å²) in [4.78, 5) is 9.62. The van der Waals surface area contributed by atoms with Crippen LogP contribution in [0.3, 0.4) is 0 Å². The van der Waals surface area contributed by atoms with Gasteiger partial charge in [-0.1, -0.05) is 24.3 Å². The molecule has 4 heteroatoms. The Morgan fingerprint density at radius 3 is 2.37 bits per heavy atom. The van der Waals surface area contributed by atoms with Crippen molar-refractivity contribution in [1.29, 1.82) is 0 Å². The Kier molecular flexibility index (Phi) is 3.09. The van der Waals surface area contributed by atoms with Crippen molar-refractivity contribution in [2.24, 2.45) is 0 Å². The van der Waals surface area contributed by atoms with Gasteiger partial charge in [0.05, 0.1) is 0 Å². The molecule has 0 saturated heterocycles. The van der Waals surface area contributed by atoms with E-state index >= 15 is 0 Å². The van der Waals surface area contributed by atoms with Crippen molar-refractivity contribution in [3.05, 3.63) is 54.4 Å². The third-order valence-corrected chi connectivity index (χ3v) is 3.79. The summed E-state index contributed by atoms with van der Waals surface area (Å²) in [5.41, 5.74) is 1.04. The van der Waals surface area contributed by atoms with Crippen molar-refractivity contribution in [3.63, 3.8) is 0 Å². The Hall–Kier alpha value is -2.07. The molecule has 0 unspecified atom stereocenters. The van der Waals surface area contributed by atoms with Gasteiger partial charge in [-0.15, -0.1) is 0 Å². The minimum absolute atomic E-state index is 0.296. The molecular weight excluding hydrogens is 256 g/mol. The SMILES string of the molecule is Cc1cnc(Sc2ccc(O)c3ccccc23)nc1. The molecule has 1 N–H and O–H groups in total. The van der Waals surface area contributed by atoms with Crippen LogP contribution in [0.15, 0.2) is 58.8 Å². The van der Waals surface area contributed by atoms with Crippen molar-refractivity contribution in [3.8, 4) is 5.75 Å². The van der Waals surface area contributed by atoms with E-state index in [4.69, 9.17) is 0 Å². The Morgan fingerprint density at radius 1 is 0.947 bits per heavy atom. The van der Waals surface area contributed by atoms with Gasteiger partial charge in [-0.25, -0.2) is 9.97 Å². The molecule has 1 heterocycles. The van der Waals surface area contributed by atoms with E-state index in [-0.39, 0.29) is 0 Å². The van der Waals surface area contributed by atoms with Crippen LogP contribution in [-0.2, 0) is 0 Å². The lowest BCUT2D eigenvalue weighted by molar-refractivity contribution is 0.481. The lowest BCUT2D eigenvalue weighted by Crippen LogP contribution is -1.87. The number of fused-ring (bicyclic) bond motifs is 1. The molecule has 0 aliphatic carbocycles. The first-order valence-electron chi connectivity index (χ1n) is 5.91. The Labute approximate surface area is 115 Å². The van der Waals surface area contributed by atoms with Gasteiger partial charge in [-0.05, 0) is 41.8 Å². The number of hydrogen-bond acceptors (Lipinski definition) is 4. The molecule has 3 aromatic rings. The summed E-state index contributed by atoms with van der Waals surface area (Å²) in [7, 11) is 0. The van der Waals surface area contributed by atoms with E-state index in [0.717, 1.165) is 21.2 Å². The molecule has 0 atom stereocenters. The van der Waals surface area contributed by atoms with E-state index in [9.17, 15) is 5.11 Å². The second-order valence-electron chi connectivity index (χ2n) is 4.27. The van der Waals surface area contributed by atoms with Gasteiger partial charge < -0.3 is 5.11 Å². The molecule has 0 amide bonds. The zero-order valence-electron chi connectivity index (χ0n) is 10.4. The summed E-state index contributed by atoms with van der Waals surface area (Å²) in [5.74, 6) is 0.296. The maximum Gasteiger partial charge on any atom is 0.192 e. The summed E-state index contributed by atoms with van der Waals surface area (Å²) in [6.45, 7) is 1.96. The van der Waals surface area contributed by atoms with Crippen LogP contribution >= 0.6 is 11.8 Å². The van der Waals surface area contributed by atoms with E-state index in [1.165, 1.54) is 11.8 Å². The van der Waals surface area contributed by atoms with Crippen LogP contribution in [0.2, 0.25) is 0 Å². The average Bonchev–Trinajstić information content (AvgIpc) is 2.45. The maximum atomic E-state index is 9.86. The van der Waals surface area contributed by atoms with Gasteiger partial charge in [0.25, 0.3) is 0 Å². The van der Waals surface area contributed by atoms with Crippen LogP contribution in [0.4, 0.5) is 0 Å². The van der Waals surface area contributed by atoms with E-state index < -0.39 is 0 Å². The summed E-state index contributed by atoms with van der Waals surface area (Å²) >= 11 is 1.50. The largest absolute Gasteiger partial charge is 0.507 e. The average molecular weight is 268 g/mol. The number of aromatic hydroxyl groups is 1. The predicted molar refractivity (Wildman–Crippen MR) is 76.5 cm³/mol. The number of nitrogens with zero attached hydrogens (tertiary/aromatic N) is 2. The molecule has 0 radical (unpaired) electrons. The minimum Gasteiger partial charge on any atom is -0.507 e. The monoisotopic (exact) mass is 268 g/mol. The van der Waals surface area contributed by atoms with Crippen molar-refractivity contribution in [2.75, 3.05) is 0 Å². The standard InChI is InChI=1S/C15H12N2OS/c1-10-8-16-15(17-9-10)19-14-7-6-13(18)11-4-2-3-5-12(11)14/h2-9,18H,1H3. The Balaban J connectivity index is 2.06. The zero-order valence-corrected chi connectivity index (χ0v) is 11.2. The van der Waals surface area contributed by atoms with Crippen molar-refractivity contribution >= 4 is 22.5 Å². The molecule has 0 aliphatic heterocycles. The molecule has 3 rings (SSSR count). The van der Waals surface area contributed by atoms with Gasteiger partial charge >= 0.3 is 0 Å². The highest BCUT2D eigenvalue weighted by molar-refractivity contribution is 7.99. The molecular formula is C15H12N2OS. The fourth-order valence-electron chi connectivity index (χ4n) is 1.88. The first-order chi connectivity index (χ1) is 9.24. The molecule has 0 aliphatic rings. The number of phenolic OH excluding ortho intramolecular Hbond substituents is 1. The summed E-state index contributed by atoms with van der Waals surface area (Å²) in [6, 6.07) is 11.4. The van der Waals surface area contributed by atoms with Gasteiger partial charge in [0, 0.05) is 22.7 Å². The fourth-order valence-corrected chi connectivity index (χ4v) is 2.71. The highest BCUT2D eigenvalue weighted by Crippen LogP contribution is 2.35. The van der Waals surface area contributed by atoms with Crippen LogP contribution in [-0.4, -0.2) is 15.1 Å². The quantitative estimate of drug-likeness (QED) is 0.718. The van der Waals surface area contributed by atoms with E-state index in [1.54, 1.807) is 18.5 Å². The molecule has 94 valence electrons. The van der Waals surface area contributed by atoms with Crippen LogP contribution in [0.5, 0.6) is 5.75 Å². The van der Waals surface area contributed by atoms with Gasteiger partial charge in [-0.3, -0.25) is 0 Å². The third kappa shape index (κ3) is 2.39. The van der Waals surface area contributed by atoms with Gasteiger partial charge in [0.2, 0.25) is 0 Å². The van der Waals surface area contributed by atoms with Crippen LogP contribution in [0.25, 0.3) is 10.8 Å². The lowest BCUT2D eigenvalue weighted by Gasteiger charge is -2.06. The molecule has 0 saturated carbocycles. The number of aromatic nitrogens is 2. The summed E-state index contributed by atoms with van der Waals surface area (Å²) in [6.07, 6.45) is 3.61. The van der Waals surface area contributed by atoms with Crippen LogP contribution in [0, 0.1) is 6.92 Å². The Morgan fingerprint density at radius 2 is 1.63 bits per heavy atom. The van der Waals surface area contributed by atoms with Gasteiger partial charge in [0.15, 0.2) is 5.16 Å². The molecule has 19 heavy (non-hydrogen) atoms. The fraction of sp³-hybridized carbons (Fsp3) is 0.0667. The van der Waals surface area contributed by atoms with E-state index in [2.05, 4.69) is 9.97 Å². The molecule has 0 fully saturated rings. The smallest absolute Gasteiger partial charge is 0.192 e. The molecule has 1 aromatic heterocycles. The summed E-state index contributed by atoms with van der Waals surface area (Å²) < 4.78 is 0. The van der Waals surface area contributed by atoms with Crippen LogP contribution < -0.4 is 0 Å². The summed E-state index contributed by atoms with van der Waals surface area (Å²) in [5, 5.41) is 12.4. The van der Waals surface area contributed by atoms with E-state index in [0.29, 0.717) is 10.9 Å². The first-order valence-corrected chi connectivity index (χ1v) is 6.73. The molecule has 0 bridgehead atoms. The maximum absolute atomic E-state index is 9.86. The number of aryl methyl sites for hydroxylation is 1. The Bertz CT molecular complexity index is 726. The number of phenols is 1. The topological polar surface area (TPSA) is 46.0 Å². The molecule has 3 nitrogen and oxygen atoms in total. The highest BCUT2D eigenvalue weighted by Gasteiger charge is 2.07. The normalized spacial score (nSPS) is 10.8. The highest BCUT2D eigenvalue weighted by atomic mass is 32.2. The first kappa shape index (κ1) is 12.0. The van der Waals surface area contributed by atoms with Gasteiger partial charge in [0.1, 0.15) is 5.75 Å². The molecule has 2 aromatic carbocycles. The lowest BCUT2D eigenvalue weighted by atomic mass is 10.1. The second-order valence-corrected chi connectivity index (χ2v) is 5.28. The van der Waals surface area contributed by atoms with Gasteiger partial charge in [-0.2, -0.15) is 0 Å². The number of rotatable bonds is 2. The van der Waals surface area contributed by atoms with E-state index in [1.807, 2.05) is 37.3 Å². The van der Waals surface area contributed by atoms with Crippen LogP contribution in [0.1, 0.15) is 5.56 Å². The number of benzene rings is 2. The third-order valence-electron chi connectivity index (χ3n) is 2.82. The molecule has 0 spiro atoms. The van der Waals surface area contributed by atoms with Crippen molar-refractivity contribution in [1.82, 2.24) is 9.97 Å². The van der Waals surface area contributed by atoms with Crippen molar-refractivity contribution in [2.45, 2.75) is 17.0 Å². The zero-order chi connectivity index (χ0) is 13.2. The minimum atomic E-state index is 0.296. The van der Waals surface area contributed by atoms with Crippen molar-refractivity contribution < 1.29 is 5.11 Å². The predicted octanol–water partition coefficient (Wildman–Crippen LogP) is 3.80.